The maximum Gasteiger partial charge on any atom is 0.269 e. The highest BCUT2D eigenvalue weighted by molar-refractivity contribution is 9.10. The second-order valence-electron chi connectivity index (χ2n) is 9.91. The van der Waals surface area contributed by atoms with Gasteiger partial charge in [0.05, 0.1) is 11.6 Å². The third-order valence-electron chi connectivity index (χ3n) is 5.92. The standard InChI is InChI=1S/C30H29BrN2O5S/c1-30(2,3)26(34)16-28-33(18-27(35)32-17-19-9-11-20(37-4)12-10-19)29(36)25(39-28)15-21-13-14-24(38-21)22-7-5-6-8-23(22)31/h5-16H,17-18H2,1-4H3,(H,32,35). The van der Waals surface area contributed by atoms with Crippen LogP contribution in [-0.2, 0) is 22.7 Å². The van der Waals surface area contributed by atoms with Crippen LogP contribution in [0.4, 0.5) is 0 Å². The molecule has 2 heterocycles. The van der Waals surface area contributed by atoms with Crippen LogP contribution in [0.3, 0.4) is 0 Å². The first-order valence-corrected chi connectivity index (χ1v) is 13.9. The van der Waals surface area contributed by atoms with Crippen molar-refractivity contribution in [3.05, 3.63) is 96.0 Å². The maximum absolute atomic E-state index is 13.4. The quantitative estimate of drug-likeness (QED) is 0.318. The van der Waals surface area contributed by atoms with Gasteiger partial charge >= 0.3 is 0 Å². The number of hydrogen-bond donors (Lipinski definition) is 1. The fraction of sp³-hybridized carbons (Fsp3) is 0.233. The number of thiazole rings is 1. The van der Waals surface area contributed by atoms with Crippen molar-refractivity contribution in [3.63, 3.8) is 0 Å². The average molecular weight is 610 g/mol. The summed E-state index contributed by atoms with van der Waals surface area (Å²) in [6.07, 6.45) is 3.08. The molecule has 0 spiro atoms. The SMILES string of the molecule is COc1ccc(CNC(=O)Cn2c(=CC(=O)C(C)(C)C)sc(=Cc3ccc(-c4ccccc4Br)o3)c2=O)cc1. The molecule has 4 aromatic rings. The van der Waals surface area contributed by atoms with Crippen LogP contribution < -0.4 is 24.8 Å². The van der Waals surface area contributed by atoms with E-state index in [-0.39, 0.29) is 23.8 Å². The van der Waals surface area contributed by atoms with E-state index in [1.165, 1.54) is 10.6 Å². The summed E-state index contributed by atoms with van der Waals surface area (Å²) in [7, 11) is 1.59. The van der Waals surface area contributed by atoms with Gasteiger partial charge in [-0.15, -0.1) is 11.3 Å². The van der Waals surface area contributed by atoms with Gasteiger partial charge in [0.25, 0.3) is 5.56 Å². The molecule has 0 radical (unpaired) electrons. The summed E-state index contributed by atoms with van der Waals surface area (Å²) < 4.78 is 14.1. The van der Waals surface area contributed by atoms with E-state index in [1.807, 2.05) is 75.4 Å². The molecule has 0 bridgehead atoms. The van der Waals surface area contributed by atoms with Crippen molar-refractivity contribution >= 4 is 51.1 Å². The van der Waals surface area contributed by atoms with Crippen LogP contribution in [0.15, 0.2) is 74.3 Å². The Morgan fingerprint density at radius 3 is 2.46 bits per heavy atom. The zero-order valence-corrected chi connectivity index (χ0v) is 24.5. The summed E-state index contributed by atoms with van der Waals surface area (Å²) >= 11 is 4.68. The van der Waals surface area contributed by atoms with Gasteiger partial charge in [-0.2, -0.15) is 0 Å². The fourth-order valence-electron chi connectivity index (χ4n) is 3.63. The smallest absolute Gasteiger partial charge is 0.269 e. The lowest BCUT2D eigenvalue weighted by Gasteiger charge is -2.13. The Kier molecular flexibility index (Phi) is 8.72. The number of amides is 1. The largest absolute Gasteiger partial charge is 0.497 e. The molecule has 4 rings (SSSR count). The second kappa shape index (κ2) is 12.0. The zero-order chi connectivity index (χ0) is 28.2. The number of ether oxygens (including phenoxy) is 1. The summed E-state index contributed by atoms with van der Waals surface area (Å²) in [5.74, 6) is 1.38. The molecule has 1 amide bonds. The number of hydrogen-bond acceptors (Lipinski definition) is 6. The van der Waals surface area contributed by atoms with Crippen molar-refractivity contribution in [2.45, 2.75) is 33.9 Å². The molecule has 9 heteroatoms. The van der Waals surface area contributed by atoms with Gasteiger partial charge in [0, 0.05) is 34.1 Å². The minimum Gasteiger partial charge on any atom is -0.497 e. The van der Waals surface area contributed by atoms with Gasteiger partial charge in [0.1, 0.15) is 28.5 Å². The van der Waals surface area contributed by atoms with E-state index in [0.717, 1.165) is 32.7 Å². The zero-order valence-electron chi connectivity index (χ0n) is 22.1. The number of nitrogens with zero attached hydrogens (tertiary/aromatic N) is 1. The molecule has 0 unspecified atom stereocenters. The summed E-state index contributed by atoms with van der Waals surface area (Å²) in [5.41, 5.74) is 0.777. The van der Waals surface area contributed by atoms with Crippen molar-refractivity contribution < 1.29 is 18.7 Å². The number of aromatic nitrogens is 1. The van der Waals surface area contributed by atoms with Gasteiger partial charge in [-0.3, -0.25) is 19.0 Å². The number of methoxy groups -OCH3 is 1. The molecule has 0 saturated heterocycles. The van der Waals surface area contributed by atoms with Crippen molar-refractivity contribution in [1.82, 2.24) is 9.88 Å². The van der Waals surface area contributed by atoms with Crippen LogP contribution >= 0.6 is 27.3 Å². The molecule has 0 atom stereocenters. The molecule has 7 nitrogen and oxygen atoms in total. The Morgan fingerprint density at radius 2 is 1.79 bits per heavy atom. The van der Waals surface area contributed by atoms with E-state index in [9.17, 15) is 14.4 Å². The van der Waals surface area contributed by atoms with Crippen LogP contribution in [0.1, 0.15) is 32.1 Å². The molecular weight excluding hydrogens is 580 g/mol. The lowest BCUT2D eigenvalue weighted by atomic mass is 9.91. The van der Waals surface area contributed by atoms with Crippen molar-refractivity contribution in [1.29, 1.82) is 0 Å². The number of carbonyl (C=O) groups excluding carboxylic acids is 2. The van der Waals surface area contributed by atoms with Crippen molar-refractivity contribution in [3.8, 4) is 17.1 Å². The number of rotatable bonds is 8. The molecule has 202 valence electrons. The summed E-state index contributed by atoms with van der Waals surface area (Å²) in [6, 6.07) is 18.6. The molecule has 2 aromatic carbocycles. The molecule has 0 aliphatic rings. The van der Waals surface area contributed by atoms with E-state index >= 15 is 0 Å². The number of halogens is 1. The predicted molar refractivity (Wildman–Crippen MR) is 157 cm³/mol. The molecule has 0 aliphatic heterocycles. The van der Waals surface area contributed by atoms with Gasteiger partial charge < -0.3 is 14.5 Å². The normalized spacial score (nSPS) is 12.5. The molecular formula is C30H29BrN2O5S. The van der Waals surface area contributed by atoms with E-state index in [4.69, 9.17) is 9.15 Å². The first kappa shape index (κ1) is 28.3. The van der Waals surface area contributed by atoms with Gasteiger partial charge in [0.2, 0.25) is 5.91 Å². The Labute approximate surface area is 238 Å². The third kappa shape index (κ3) is 7.04. The highest BCUT2D eigenvalue weighted by atomic mass is 79.9. The molecule has 39 heavy (non-hydrogen) atoms. The third-order valence-corrected chi connectivity index (χ3v) is 7.67. The van der Waals surface area contributed by atoms with Gasteiger partial charge in [-0.1, -0.05) is 67.0 Å². The molecule has 0 aliphatic carbocycles. The van der Waals surface area contributed by atoms with Crippen LogP contribution in [0.5, 0.6) is 5.75 Å². The number of carbonyl (C=O) groups is 2. The van der Waals surface area contributed by atoms with Gasteiger partial charge in [0.15, 0.2) is 5.78 Å². The summed E-state index contributed by atoms with van der Waals surface area (Å²) in [5, 5.41) is 2.84. The number of nitrogens with one attached hydrogen (secondary N) is 1. The highest BCUT2D eigenvalue weighted by Crippen LogP contribution is 2.29. The van der Waals surface area contributed by atoms with E-state index in [1.54, 1.807) is 19.3 Å². The number of Topliss-reactive ketones (excluding diaryl/α,β-unsaturated/α-hetero) is 1. The lowest BCUT2D eigenvalue weighted by molar-refractivity contribution is -0.122. The van der Waals surface area contributed by atoms with E-state index in [2.05, 4.69) is 21.2 Å². The fourth-order valence-corrected chi connectivity index (χ4v) is 5.13. The molecule has 1 N–H and O–H groups in total. The second-order valence-corrected chi connectivity index (χ2v) is 11.8. The van der Waals surface area contributed by atoms with Crippen LogP contribution in [0.2, 0.25) is 0 Å². The summed E-state index contributed by atoms with van der Waals surface area (Å²) in [6.45, 7) is 5.50. The molecule has 2 aromatic heterocycles. The minimum atomic E-state index is -0.635. The Hall–Kier alpha value is -3.69. The number of furan rings is 1. The van der Waals surface area contributed by atoms with Gasteiger partial charge in [-0.25, -0.2) is 0 Å². The monoisotopic (exact) mass is 608 g/mol. The topological polar surface area (TPSA) is 90.5 Å². The predicted octanol–water partition coefficient (Wildman–Crippen LogP) is 4.48. The van der Waals surface area contributed by atoms with Crippen molar-refractivity contribution in [2.75, 3.05) is 7.11 Å². The van der Waals surface area contributed by atoms with E-state index in [0.29, 0.717) is 27.3 Å². The van der Waals surface area contributed by atoms with Crippen LogP contribution in [0, 0.1) is 5.41 Å². The van der Waals surface area contributed by atoms with Crippen LogP contribution in [-0.4, -0.2) is 23.4 Å². The number of ketones is 1. The van der Waals surface area contributed by atoms with Crippen LogP contribution in [0.25, 0.3) is 23.5 Å². The van der Waals surface area contributed by atoms with Gasteiger partial charge in [-0.05, 0) is 35.9 Å². The molecule has 0 fully saturated rings. The number of benzene rings is 2. The van der Waals surface area contributed by atoms with Crippen molar-refractivity contribution in [2.24, 2.45) is 5.41 Å². The maximum atomic E-state index is 13.4. The highest BCUT2D eigenvalue weighted by Gasteiger charge is 2.20. The lowest BCUT2D eigenvalue weighted by Crippen LogP contribution is -2.38. The van der Waals surface area contributed by atoms with E-state index < -0.39 is 5.41 Å². The Balaban J connectivity index is 1.65. The first-order valence-electron chi connectivity index (χ1n) is 12.3. The Morgan fingerprint density at radius 1 is 1.08 bits per heavy atom. The Bertz CT molecular complexity index is 1670. The first-order chi connectivity index (χ1) is 18.5. The average Bonchev–Trinajstić information content (AvgIpc) is 3.48. The summed E-state index contributed by atoms with van der Waals surface area (Å²) in [4.78, 5) is 39.0. The minimum absolute atomic E-state index is 0.142. The molecule has 0 saturated carbocycles.